The Kier molecular flexibility index (Phi) is 1.84. The van der Waals surface area contributed by atoms with Crippen molar-refractivity contribution in [2.24, 2.45) is 17.8 Å². The maximum absolute atomic E-state index is 9.72. The number of hydrogen-bond donors (Lipinski definition) is 1. The van der Waals surface area contributed by atoms with Gasteiger partial charge in [0.2, 0.25) is 0 Å². The first-order chi connectivity index (χ1) is 5.24. The van der Waals surface area contributed by atoms with Crippen molar-refractivity contribution in [2.75, 3.05) is 0 Å². The van der Waals surface area contributed by atoms with Crippen molar-refractivity contribution in [1.29, 1.82) is 0 Å². The third-order valence-electron chi connectivity index (χ3n) is 4.01. The second-order valence-corrected chi connectivity index (χ2v) is 6.28. The van der Waals surface area contributed by atoms with Gasteiger partial charge >= 0.3 is 0 Å². The quantitative estimate of drug-likeness (QED) is 0.583. The standard InChI is InChI=1S/C9H18OSi/c1-5-7-3-6(9(5)10)4-8(7)11-2/h5-10H,3-4,11H2,1-2H3. The second-order valence-electron chi connectivity index (χ2n) is 4.41. The summed E-state index contributed by atoms with van der Waals surface area (Å²) in [6.45, 7) is 4.66. The van der Waals surface area contributed by atoms with Crippen LogP contribution in [0.2, 0.25) is 12.1 Å². The molecule has 0 aromatic heterocycles. The molecule has 11 heavy (non-hydrogen) atoms. The summed E-state index contributed by atoms with van der Waals surface area (Å²) in [5.74, 6) is 2.21. The third-order valence-corrected chi connectivity index (χ3v) is 5.99. The minimum atomic E-state index is 0.0526. The average molecular weight is 170 g/mol. The molecule has 1 nitrogen and oxygen atoms in total. The molecule has 1 N–H and O–H groups in total. The molecule has 0 saturated heterocycles. The van der Waals surface area contributed by atoms with E-state index in [1.54, 1.807) is 0 Å². The molecule has 64 valence electrons. The predicted octanol–water partition coefficient (Wildman–Crippen LogP) is 1.03. The van der Waals surface area contributed by atoms with E-state index in [9.17, 15) is 5.11 Å². The van der Waals surface area contributed by atoms with Gasteiger partial charge in [-0.15, -0.1) is 0 Å². The van der Waals surface area contributed by atoms with Gasteiger partial charge in [0.05, 0.1) is 6.10 Å². The van der Waals surface area contributed by atoms with Gasteiger partial charge in [0.15, 0.2) is 0 Å². The molecule has 2 rings (SSSR count). The Hall–Kier alpha value is 0.177. The number of aliphatic hydroxyl groups is 1. The van der Waals surface area contributed by atoms with Gasteiger partial charge in [-0.05, 0) is 36.1 Å². The summed E-state index contributed by atoms with van der Waals surface area (Å²) in [6, 6.07) is 0. The zero-order valence-corrected chi connectivity index (χ0v) is 8.87. The SMILES string of the molecule is C[SiH2]C1CC2CC1C(C)C2O. The van der Waals surface area contributed by atoms with Crippen LogP contribution >= 0.6 is 0 Å². The molecule has 0 radical (unpaired) electrons. The maximum atomic E-state index is 9.72. The molecule has 2 fully saturated rings. The Morgan fingerprint density at radius 2 is 2.09 bits per heavy atom. The van der Waals surface area contributed by atoms with Crippen molar-refractivity contribution in [3.05, 3.63) is 0 Å². The largest absolute Gasteiger partial charge is 0.393 e. The van der Waals surface area contributed by atoms with Crippen LogP contribution in [0, 0.1) is 17.8 Å². The van der Waals surface area contributed by atoms with E-state index in [2.05, 4.69) is 13.5 Å². The highest BCUT2D eigenvalue weighted by Gasteiger charge is 2.48. The lowest BCUT2D eigenvalue weighted by Gasteiger charge is -2.29. The van der Waals surface area contributed by atoms with Gasteiger partial charge in [0.25, 0.3) is 0 Å². The van der Waals surface area contributed by atoms with E-state index in [0.29, 0.717) is 11.8 Å². The average Bonchev–Trinajstić information content (AvgIpc) is 2.53. The molecule has 0 aromatic carbocycles. The van der Waals surface area contributed by atoms with Gasteiger partial charge in [-0.2, -0.15) is 0 Å². The summed E-state index contributed by atoms with van der Waals surface area (Å²) < 4.78 is 0. The number of aliphatic hydroxyl groups excluding tert-OH is 1. The van der Waals surface area contributed by atoms with Crippen LogP contribution in [-0.4, -0.2) is 20.7 Å². The lowest BCUT2D eigenvalue weighted by atomic mass is 9.87. The zero-order chi connectivity index (χ0) is 8.01. The number of rotatable bonds is 1. The highest BCUT2D eigenvalue weighted by molar-refractivity contribution is 6.35. The van der Waals surface area contributed by atoms with Crippen LogP contribution < -0.4 is 0 Å². The summed E-state index contributed by atoms with van der Waals surface area (Å²) in [4.78, 5) is 0. The fraction of sp³-hybridized carbons (Fsp3) is 1.00. The molecule has 2 aliphatic rings. The molecule has 0 amide bonds. The molecule has 2 heteroatoms. The number of hydrogen-bond acceptors (Lipinski definition) is 1. The summed E-state index contributed by atoms with van der Waals surface area (Å²) in [5.41, 5.74) is 1.07. The first kappa shape index (κ1) is 7.81. The smallest absolute Gasteiger partial charge is 0.0596 e. The molecule has 0 heterocycles. The third kappa shape index (κ3) is 0.993. The van der Waals surface area contributed by atoms with E-state index in [1.165, 1.54) is 12.8 Å². The van der Waals surface area contributed by atoms with E-state index < -0.39 is 0 Å². The van der Waals surface area contributed by atoms with Gasteiger partial charge in [-0.25, -0.2) is 0 Å². The molecule has 5 atom stereocenters. The Bertz CT molecular complexity index is 154. The maximum Gasteiger partial charge on any atom is 0.0596 e. The van der Waals surface area contributed by atoms with Gasteiger partial charge in [0.1, 0.15) is 0 Å². The van der Waals surface area contributed by atoms with Crippen LogP contribution in [0.1, 0.15) is 19.8 Å². The molecular weight excluding hydrogens is 152 g/mol. The Labute approximate surface area is 71.0 Å². The van der Waals surface area contributed by atoms with Crippen LogP contribution in [0.25, 0.3) is 0 Å². The van der Waals surface area contributed by atoms with Crippen molar-refractivity contribution >= 4 is 9.52 Å². The van der Waals surface area contributed by atoms with E-state index in [0.717, 1.165) is 11.5 Å². The van der Waals surface area contributed by atoms with Gasteiger partial charge in [-0.3, -0.25) is 0 Å². The van der Waals surface area contributed by atoms with Crippen molar-refractivity contribution < 1.29 is 5.11 Å². The summed E-state index contributed by atoms with van der Waals surface area (Å²) in [5, 5.41) is 9.72. The first-order valence-corrected chi connectivity index (χ1v) is 7.15. The topological polar surface area (TPSA) is 20.2 Å². The van der Waals surface area contributed by atoms with Crippen molar-refractivity contribution in [3.63, 3.8) is 0 Å². The molecule has 2 aliphatic carbocycles. The van der Waals surface area contributed by atoms with E-state index in [1.807, 2.05) is 0 Å². The molecular formula is C9H18OSi. The normalized spacial score (nSPS) is 56.5. The van der Waals surface area contributed by atoms with Crippen molar-refractivity contribution in [3.8, 4) is 0 Å². The highest BCUT2D eigenvalue weighted by Crippen LogP contribution is 2.54. The Morgan fingerprint density at radius 1 is 1.36 bits per heavy atom. The molecule has 0 spiro atoms. The van der Waals surface area contributed by atoms with Gasteiger partial charge in [-0.1, -0.05) is 13.5 Å². The number of fused-ring (bicyclic) bond motifs is 2. The lowest BCUT2D eigenvalue weighted by Crippen LogP contribution is -2.29. The molecule has 0 aromatic rings. The fourth-order valence-corrected chi connectivity index (χ4v) is 5.27. The van der Waals surface area contributed by atoms with Crippen LogP contribution in [0.3, 0.4) is 0 Å². The van der Waals surface area contributed by atoms with Gasteiger partial charge in [0, 0.05) is 9.52 Å². The molecule has 2 saturated carbocycles. The van der Waals surface area contributed by atoms with E-state index >= 15 is 0 Å². The fourth-order valence-electron chi connectivity index (χ4n) is 3.28. The lowest BCUT2D eigenvalue weighted by molar-refractivity contribution is 0.0678. The summed E-state index contributed by atoms with van der Waals surface area (Å²) >= 11 is 0. The summed E-state index contributed by atoms with van der Waals surface area (Å²) in [6.07, 6.45) is 2.75. The summed E-state index contributed by atoms with van der Waals surface area (Å²) in [7, 11) is 0.197. The predicted molar refractivity (Wildman–Crippen MR) is 49.5 cm³/mol. The highest BCUT2D eigenvalue weighted by atomic mass is 28.2. The van der Waals surface area contributed by atoms with Crippen LogP contribution in [0.5, 0.6) is 0 Å². The molecule has 5 unspecified atom stereocenters. The van der Waals surface area contributed by atoms with Crippen molar-refractivity contribution in [1.82, 2.24) is 0 Å². The minimum Gasteiger partial charge on any atom is -0.393 e. The van der Waals surface area contributed by atoms with Crippen molar-refractivity contribution in [2.45, 2.75) is 38.0 Å². The van der Waals surface area contributed by atoms with Crippen LogP contribution in [-0.2, 0) is 0 Å². The van der Waals surface area contributed by atoms with Crippen LogP contribution in [0.15, 0.2) is 0 Å². The van der Waals surface area contributed by atoms with E-state index in [4.69, 9.17) is 0 Å². The monoisotopic (exact) mass is 170 g/mol. The zero-order valence-electron chi connectivity index (χ0n) is 7.46. The Morgan fingerprint density at radius 3 is 2.55 bits per heavy atom. The van der Waals surface area contributed by atoms with E-state index in [-0.39, 0.29) is 15.6 Å². The first-order valence-electron chi connectivity index (χ1n) is 4.92. The molecule has 0 aliphatic heterocycles. The van der Waals surface area contributed by atoms with Gasteiger partial charge < -0.3 is 5.11 Å². The minimum absolute atomic E-state index is 0.0526. The molecule has 2 bridgehead atoms. The second kappa shape index (κ2) is 2.59. The Balaban J connectivity index is 2.10. The van der Waals surface area contributed by atoms with Crippen LogP contribution in [0.4, 0.5) is 0 Å².